The third-order valence-corrected chi connectivity index (χ3v) is 17.3. The van der Waals surface area contributed by atoms with Crippen LogP contribution in [0.5, 0.6) is 0 Å². The van der Waals surface area contributed by atoms with E-state index in [0.29, 0.717) is 0 Å². The number of amides is 5. The molecule has 5 amide bonds. The van der Waals surface area contributed by atoms with Gasteiger partial charge in [-0.1, -0.05) is 203 Å². The maximum absolute atomic E-state index is 12.3. The van der Waals surface area contributed by atoms with Gasteiger partial charge in [0.05, 0.1) is 0 Å². The molecular formula is C77H146N10O3. The minimum Gasteiger partial charge on any atom is -0.356 e. The van der Waals surface area contributed by atoms with E-state index in [1.165, 1.54) is 94.5 Å². The van der Waals surface area contributed by atoms with Crippen molar-refractivity contribution < 1.29 is 14.4 Å². The smallest absolute Gasteiger partial charge is 0.317 e. The molecule has 0 bridgehead atoms. The predicted molar refractivity (Wildman–Crippen MR) is 395 cm³/mol. The summed E-state index contributed by atoms with van der Waals surface area (Å²) >= 11 is 0. The van der Waals surface area contributed by atoms with Crippen molar-refractivity contribution in [2.75, 3.05) is 125 Å². The highest BCUT2D eigenvalue weighted by Crippen LogP contribution is 2.25. The van der Waals surface area contributed by atoms with E-state index in [9.17, 15) is 14.4 Å². The number of benzene rings is 3. The first-order valence-electron chi connectivity index (χ1n) is 35.6. The summed E-state index contributed by atoms with van der Waals surface area (Å²) < 4.78 is 0. The van der Waals surface area contributed by atoms with E-state index in [1.54, 1.807) is 0 Å². The van der Waals surface area contributed by atoms with Gasteiger partial charge >= 0.3 is 12.1 Å². The topological polar surface area (TPSA) is 110 Å². The molecule has 0 spiro atoms. The van der Waals surface area contributed by atoms with Crippen molar-refractivity contribution in [1.29, 1.82) is 0 Å². The molecule has 13 nitrogen and oxygen atoms in total. The Labute approximate surface area is 558 Å². The third kappa shape index (κ3) is 38.5. The summed E-state index contributed by atoms with van der Waals surface area (Å²) in [6.45, 7) is 46.6. The van der Waals surface area contributed by atoms with Crippen LogP contribution in [0, 0.1) is 29.6 Å². The molecule has 90 heavy (non-hydrogen) atoms. The Morgan fingerprint density at radius 1 is 0.356 bits per heavy atom. The SMILES string of the molecule is C.C.C.CC.CC.CC.CC.CC.CC.CC1CCN(C(=O)NCCC2CCN(Cc3ccccc3)CC2)CC1.CN1CCC(C(=O)NCCC2CCN(Cc3ccccc3)CC2)CC1.CN1CCN(C(=O)NCCC2CCN(Cc3ccccc3)CC2)CC1. The van der Waals surface area contributed by atoms with Crippen molar-refractivity contribution in [2.45, 2.75) is 215 Å². The number of hydrogen-bond donors (Lipinski definition) is 3. The summed E-state index contributed by atoms with van der Waals surface area (Å²) in [4.78, 5) is 52.8. The zero-order chi connectivity index (χ0) is 64.5. The molecule has 0 aliphatic carbocycles. The number of piperidine rings is 5. The second-order valence-corrected chi connectivity index (χ2v) is 23.3. The first-order valence-corrected chi connectivity index (χ1v) is 35.6. The first-order chi connectivity index (χ1) is 42.6. The van der Waals surface area contributed by atoms with Crippen LogP contribution in [-0.2, 0) is 24.4 Å². The van der Waals surface area contributed by atoms with E-state index in [2.05, 4.69) is 152 Å². The average Bonchev–Trinajstić information content (AvgIpc) is 3.39. The molecule has 0 atom stereocenters. The highest BCUT2D eigenvalue weighted by Gasteiger charge is 2.26. The van der Waals surface area contributed by atoms with Gasteiger partial charge in [-0.2, -0.15) is 0 Å². The van der Waals surface area contributed by atoms with Gasteiger partial charge in [-0.05, 0) is 190 Å². The molecule has 9 rings (SSSR count). The molecule has 6 fully saturated rings. The number of carbonyl (C=O) groups is 3. The van der Waals surface area contributed by atoms with E-state index < -0.39 is 0 Å². The standard InChI is InChI=1S/2C21H33N3O.C20H32N4O.6C2H6.3CH4/c1-23-13-10-20(11-14-23)21(25)22-12-7-18-8-15-24(16-9-18)17-19-5-3-2-4-6-19;1-18-8-15-24(16-9-18)21(25)22-12-7-19-10-13-23(14-11-19)17-20-5-3-2-4-6-20;1-22-13-15-24(16-14-22)20(25)21-10-7-18-8-11-23(12-9-18)17-19-5-3-2-4-6-19;6*1-2;;;/h2-6,18,20H,7-17H2,1H3,(H,22,25);2-6,18-19H,7-17H2,1H3,(H,22,25);2-6,18H,7-17H2,1H3,(H,21,25);6*1-2H3;3*1H4. The summed E-state index contributed by atoms with van der Waals surface area (Å²) in [6.07, 6.45) is 15.2. The van der Waals surface area contributed by atoms with Crippen LogP contribution < -0.4 is 16.0 Å². The first kappa shape index (κ1) is 89.7. The largest absolute Gasteiger partial charge is 0.356 e. The number of likely N-dealkylation sites (N-methyl/N-ethyl adjacent to an activating group) is 1. The Morgan fingerprint density at radius 3 is 0.944 bits per heavy atom. The third-order valence-electron chi connectivity index (χ3n) is 17.3. The van der Waals surface area contributed by atoms with Crippen LogP contribution in [0.15, 0.2) is 91.0 Å². The van der Waals surface area contributed by atoms with Gasteiger partial charge in [-0.25, -0.2) is 9.59 Å². The van der Waals surface area contributed by atoms with Gasteiger partial charge in [0.2, 0.25) is 5.91 Å². The highest BCUT2D eigenvalue weighted by molar-refractivity contribution is 5.78. The highest BCUT2D eigenvalue weighted by atomic mass is 16.2. The summed E-state index contributed by atoms with van der Waals surface area (Å²) in [5, 5.41) is 9.45. The predicted octanol–water partition coefficient (Wildman–Crippen LogP) is 16.8. The van der Waals surface area contributed by atoms with E-state index >= 15 is 0 Å². The van der Waals surface area contributed by atoms with Gasteiger partial charge in [0, 0.05) is 84.5 Å². The number of urea groups is 2. The van der Waals surface area contributed by atoms with Crippen molar-refractivity contribution in [3.8, 4) is 0 Å². The van der Waals surface area contributed by atoms with Crippen molar-refractivity contribution >= 4 is 18.0 Å². The summed E-state index contributed by atoms with van der Waals surface area (Å²) in [5.41, 5.74) is 4.22. The van der Waals surface area contributed by atoms with E-state index in [0.717, 1.165) is 160 Å². The maximum Gasteiger partial charge on any atom is 0.317 e. The van der Waals surface area contributed by atoms with Gasteiger partial charge < -0.3 is 35.6 Å². The molecule has 0 saturated carbocycles. The van der Waals surface area contributed by atoms with E-state index in [-0.39, 0.29) is 46.2 Å². The molecule has 3 aromatic rings. The number of likely N-dealkylation sites (tertiary alicyclic amines) is 5. The number of carbonyl (C=O) groups excluding carboxylic acids is 3. The Bertz CT molecular complexity index is 1790. The summed E-state index contributed by atoms with van der Waals surface area (Å²) in [6, 6.07) is 32.5. The van der Waals surface area contributed by atoms with Crippen molar-refractivity contribution in [1.82, 2.24) is 50.2 Å². The molecular weight excluding hydrogens is 1110 g/mol. The van der Waals surface area contributed by atoms with Crippen molar-refractivity contribution in [2.24, 2.45) is 29.6 Å². The van der Waals surface area contributed by atoms with Crippen LogP contribution in [-0.4, -0.2) is 178 Å². The van der Waals surface area contributed by atoms with Crippen LogP contribution in [0.25, 0.3) is 0 Å². The van der Waals surface area contributed by atoms with Crippen LogP contribution in [0.1, 0.15) is 212 Å². The second kappa shape index (κ2) is 58.3. The fourth-order valence-electron chi connectivity index (χ4n) is 11.9. The van der Waals surface area contributed by atoms with Gasteiger partial charge in [-0.3, -0.25) is 19.5 Å². The molecule has 3 N–H and O–H groups in total. The minimum atomic E-state index is 0. The lowest BCUT2D eigenvalue weighted by atomic mass is 9.92. The molecule has 0 aromatic heterocycles. The van der Waals surface area contributed by atoms with Gasteiger partial charge in [-0.15, -0.1) is 0 Å². The Balaban J connectivity index is -0.00000114. The van der Waals surface area contributed by atoms with E-state index in [4.69, 9.17) is 0 Å². The molecule has 0 radical (unpaired) electrons. The van der Waals surface area contributed by atoms with Gasteiger partial charge in [0.1, 0.15) is 0 Å². The van der Waals surface area contributed by atoms with Crippen LogP contribution in [0.3, 0.4) is 0 Å². The normalized spacial score (nSPS) is 17.8. The maximum atomic E-state index is 12.3. The fraction of sp³-hybridized carbons (Fsp3) is 0.727. The lowest BCUT2D eigenvalue weighted by Gasteiger charge is -2.33. The summed E-state index contributed by atoms with van der Waals surface area (Å²) in [5.74, 6) is 3.57. The van der Waals surface area contributed by atoms with Crippen LogP contribution in [0.4, 0.5) is 9.59 Å². The van der Waals surface area contributed by atoms with Gasteiger partial charge in [0.25, 0.3) is 0 Å². The molecule has 522 valence electrons. The number of piperazine rings is 1. The zero-order valence-corrected chi connectivity index (χ0v) is 58.7. The molecule has 6 aliphatic rings. The van der Waals surface area contributed by atoms with Crippen LogP contribution >= 0.6 is 0 Å². The molecule has 6 aliphatic heterocycles. The lowest BCUT2D eigenvalue weighted by molar-refractivity contribution is -0.126. The van der Waals surface area contributed by atoms with Crippen molar-refractivity contribution in [3.05, 3.63) is 108 Å². The fourth-order valence-corrected chi connectivity index (χ4v) is 11.9. The quantitative estimate of drug-likeness (QED) is 0.130. The Hall–Kier alpha value is -4.53. The second-order valence-electron chi connectivity index (χ2n) is 23.3. The number of hydrogen-bond acceptors (Lipinski definition) is 8. The number of nitrogens with zero attached hydrogens (tertiary/aromatic N) is 7. The molecule has 13 heteroatoms. The monoisotopic (exact) mass is 1260 g/mol. The van der Waals surface area contributed by atoms with Crippen LogP contribution in [0.2, 0.25) is 0 Å². The zero-order valence-electron chi connectivity index (χ0n) is 58.7. The van der Waals surface area contributed by atoms with Gasteiger partial charge in [0.15, 0.2) is 0 Å². The van der Waals surface area contributed by atoms with E-state index in [1.807, 2.05) is 92.9 Å². The Kier molecular flexibility index (Phi) is 58.1. The number of rotatable bonds is 16. The molecule has 0 unspecified atom stereocenters. The lowest BCUT2D eigenvalue weighted by Crippen LogP contribution is -2.50. The summed E-state index contributed by atoms with van der Waals surface area (Å²) in [7, 11) is 4.25. The molecule has 6 heterocycles. The number of nitrogens with one attached hydrogen (secondary N) is 3. The van der Waals surface area contributed by atoms with Crippen molar-refractivity contribution in [3.63, 3.8) is 0 Å². The minimum absolute atomic E-state index is 0. The molecule has 3 aromatic carbocycles. The Morgan fingerprint density at radius 2 is 0.633 bits per heavy atom. The average molecular weight is 1260 g/mol. The molecule has 6 saturated heterocycles.